The Balaban J connectivity index is 2.67. The van der Waals surface area contributed by atoms with Crippen molar-refractivity contribution in [2.24, 2.45) is 9.98 Å². The summed E-state index contributed by atoms with van der Waals surface area (Å²) in [5.74, 6) is 0.630. The molecule has 1 aliphatic rings. The van der Waals surface area contributed by atoms with Gasteiger partial charge in [-0.1, -0.05) is 11.6 Å². The van der Waals surface area contributed by atoms with Crippen LogP contribution in [0.4, 0.5) is 0 Å². The summed E-state index contributed by atoms with van der Waals surface area (Å²) < 4.78 is 0. The van der Waals surface area contributed by atoms with Crippen molar-refractivity contribution in [3.63, 3.8) is 0 Å². The van der Waals surface area contributed by atoms with Gasteiger partial charge in [0, 0.05) is 12.6 Å². The fourth-order valence-electron chi connectivity index (χ4n) is 1.11. The zero-order chi connectivity index (χ0) is 10.6. The lowest BCUT2D eigenvalue weighted by Gasteiger charge is -2.31. The molecule has 0 aliphatic carbocycles. The molecule has 0 aromatic carbocycles. The third-order valence-electron chi connectivity index (χ3n) is 1.52. The van der Waals surface area contributed by atoms with E-state index >= 15 is 0 Å². The average Bonchev–Trinajstić information content (AvgIpc) is 2.01. The molecule has 0 saturated carbocycles. The molecule has 1 atom stereocenters. The Labute approximate surface area is 89.0 Å². The lowest BCUT2D eigenvalue weighted by atomic mass is 10.4. The number of rotatable bonds is 3. The van der Waals surface area contributed by atoms with Crippen LogP contribution >= 0.6 is 11.6 Å². The Morgan fingerprint density at radius 3 is 3.00 bits per heavy atom. The first-order valence-electron chi connectivity index (χ1n) is 4.65. The Hall–Kier alpha value is -0.810. The summed E-state index contributed by atoms with van der Waals surface area (Å²) in [7, 11) is 0. The van der Waals surface area contributed by atoms with E-state index in [4.69, 9.17) is 11.6 Å². The van der Waals surface area contributed by atoms with E-state index in [9.17, 15) is 0 Å². The van der Waals surface area contributed by atoms with Crippen LogP contribution in [0.15, 0.2) is 9.98 Å². The summed E-state index contributed by atoms with van der Waals surface area (Å²) in [4.78, 5) is 8.23. The molecule has 1 aliphatic heterocycles. The summed E-state index contributed by atoms with van der Waals surface area (Å²) in [6, 6.07) is 0.234. The second-order valence-electron chi connectivity index (χ2n) is 3.27. The molecule has 1 unspecified atom stereocenters. The summed E-state index contributed by atoms with van der Waals surface area (Å²) in [6.45, 7) is 6.64. The minimum atomic E-state index is -0.979. The van der Waals surface area contributed by atoms with Crippen LogP contribution in [0.2, 0.25) is 0 Å². The standard InChI is InChI=1S/C8H16ClN5/c1-4-10-7-11-5-12-8(9,14-7)13-6(2)3/h5-6,13H,4H2,1-3H3,(H2,10,11,12,14). The van der Waals surface area contributed by atoms with Crippen LogP contribution < -0.4 is 16.0 Å². The van der Waals surface area contributed by atoms with Gasteiger partial charge in [0.25, 0.3) is 5.25 Å². The van der Waals surface area contributed by atoms with Crippen molar-refractivity contribution >= 4 is 23.9 Å². The maximum absolute atomic E-state index is 6.16. The summed E-state index contributed by atoms with van der Waals surface area (Å²) in [5, 5.41) is 7.93. The van der Waals surface area contributed by atoms with Crippen LogP contribution in [-0.4, -0.2) is 30.1 Å². The van der Waals surface area contributed by atoms with Crippen molar-refractivity contribution in [2.45, 2.75) is 32.1 Å². The Morgan fingerprint density at radius 2 is 2.43 bits per heavy atom. The quantitative estimate of drug-likeness (QED) is 0.475. The van der Waals surface area contributed by atoms with Crippen LogP contribution in [0, 0.1) is 0 Å². The van der Waals surface area contributed by atoms with Crippen LogP contribution in [0.25, 0.3) is 0 Å². The van der Waals surface area contributed by atoms with Gasteiger partial charge in [-0.15, -0.1) is 0 Å². The van der Waals surface area contributed by atoms with E-state index in [0.29, 0.717) is 12.5 Å². The van der Waals surface area contributed by atoms with Gasteiger partial charge in [0.15, 0.2) is 5.96 Å². The summed E-state index contributed by atoms with van der Waals surface area (Å²) in [5.41, 5.74) is 0. The molecule has 0 spiro atoms. The zero-order valence-electron chi connectivity index (χ0n) is 8.63. The SMILES string of the molecule is CCN=C1NC=NC(Cl)(NC(C)C)N1. The third kappa shape index (κ3) is 3.16. The molecule has 1 rings (SSSR count). The molecular formula is C8H16ClN5. The minimum absolute atomic E-state index is 0.234. The van der Waals surface area contributed by atoms with Crippen molar-refractivity contribution in [2.75, 3.05) is 6.54 Å². The van der Waals surface area contributed by atoms with Gasteiger partial charge < -0.3 is 10.6 Å². The predicted octanol–water partition coefficient (Wildman–Crippen LogP) is 0.431. The lowest BCUT2D eigenvalue weighted by Crippen LogP contribution is -2.61. The smallest absolute Gasteiger partial charge is 0.269 e. The molecule has 0 aromatic rings. The molecule has 0 bridgehead atoms. The molecule has 0 saturated heterocycles. The number of hydrogen-bond acceptors (Lipinski definition) is 3. The number of halogens is 1. The largest absolute Gasteiger partial charge is 0.317 e. The average molecular weight is 218 g/mol. The highest BCUT2D eigenvalue weighted by atomic mass is 35.5. The first-order chi connectivity index (χ1) is 6.56. The predicted molar refractivity (Wildman–Crippen MR) is 59.6 cm³/mol. The number of nitrogens with one attached hydrogen (secondary N) is 3. The topological polar surface area (TPSA) is 60.8 Å². The van der Waals surface area contributed by atoms with E-state index in [-0.39, 0.29) is 6.04 Å². The highest BCUT2D eigenvalue weighted by molar-refractivity contribution is 6.25. The van der Waals surface area contributed by atoms with Gasteiger partial charge in [0.1, 0.15) is 0 Å². The normalized spacial score (nSPS) is 29.1. The van der Waals surface area contributed by atoms with Gasteiger partial charge in [-0.25, -0.2) is 4.99 Å². The highest BCUT2D eigenvalue weighted by Gasteiger charge is 2.29. The van der Waals surface area contributed by atoms with Crippen molar-refractivity contribution < 1.29 is 0 Å². The van der Waals surface area contributed by atoms with Crippen LogP contribution in [0.5, 0.6) is 0 Å². The molecule has 5 nitrogen and oxygen atoms in total. The molecule has 0 aromatic heterocycles. The maximum atomic E-state index is 6.16. The van der Waals surface area contributed by atoms with Gasteiger partial charge in [-0.2, -0.15) is 0 Å². The fourth-order valence-corrected chi connectivity index (χ4v) is 1.46. The third-order valence-corrected chi connectivity index (χ3v) is 1.83. The zero-order valence-corrected chi connectivity index (χ0v) is 9.39. The van der Waals surface area contributed by atoms with Crippen molar-refractivity contribution in [1.29, 1.82) is 0 Å². The van der Waals surface area contributed by atoms with Crippen molar-refractivity contribution in [3.8, 4) is 0 Å². The molecule has 80 valence electrons. The van der Waals surface area contributed by atoms with E-state index in [0.717, 1.165) is 0 Å². The van der Waals surface area contributed by atoms with Gasteiger partial charge in [-0.05, 0) is 20.8 Å². The number of guanidine groups is 1. The molecular weight excluding hydrogens is 202 g/mol. The molecule has 6 heteroatoms. The number of alkyl halides is 1. The van der Waals surface area contributed by atoms with E-state index < -0.39 is 5.25 Å². The Morgan fingerprint density at radius 1 is 1.71 bits per heavy atom. The second-order valence-corrected chi connectivity index (χ2v) is 3.82. The fraction of sp³-hybridized carbons (Fsp3) is 0.750. The summed E-state index contributed by atoms with van der Waals surface area (Å²) in [6.07, 6.45) is 1.54. The van der Waals surface area contributed by atoms with Gasteiger partial charge in [-0.3, -0.25) is 10.3 Å². The number of nitrogens with zero attached hydrogens (tertiary/aromatic N) is 2. The van der Waals surface area contributed by atoms with Crippen molar-refractivity contribution in [3.05, 3.63) is 0 Å². The highest BCUT2D eigenvalue weighted by Crippen LogP contribution is 2.11. The van der Waals surface area contributed by atoms with Crippen LogP contribution in [-0.2, 0) is 0 Å². The van der Waals surface area contributed by atoms with Crippen molar-refractivity contribution in [1.82, 2.24) is 16.0 Å². The second kappa shape index (κ2) is 4.61. The first kappa shape index (κ1) is 11.3. The number of aliphatic imine (C=N–C) groups is 2. The Kier molecular flexibility index (Phi) is 3.71. The van der Waals surface area contributed by atoms with E-state index in [2.05, 4.69) is 25.9 Å². The molecule has 14 heavy (non-hydrogen) atoms. The van der Waals surface area contributed by atoms with E-state index in [1.165, 1.54) is 6.34 Å². The molecule has 0 radical (unpaired) electrons. The van der Waals surface area contributed by atoms with Gasteiger partial charge in [0.2, 0.25) is 0 Å². The van der Waals surface area contributed by atoms with Crippen LogP contribution in [0.1, 0.15) is 20.8 Å². The maximum Gasteiger partial charge on any atom is 0.269 e. The van der Waals surface area contributed by atoms with Gasteiger partial charge >= 0.3 is 0 Å². The first-order valence-corrected chi connectivity index (χ1v) is 5.03. The Bertz CT molecular complexity index is 250. The molecule has 3 N–H and O–H groups in total. The monoisotopic (exact) mass is 217 g/mol. The van der Waals surface area contributed by atoms with Crippen LogP contribution in [0.3, 0.4) is 0 Å². The molecule has 1 heterocycles. The van der Waals surface area contributed by atoms with Gasteiger partial charge in [0.05, 0.1) is 6.34 Å². The van der Waals surface area contributed by atoms with E-state index in [1.54, 1.807) is 0 Å². The minimum Gasteiger partial charge on any atom is -0.317 e. The number of hydrogen-bond donors (Lipinski definition) is 3. The van der Waals surface area contributed by atoms with E-state index in [1.807, 2.05) is 20.8 Å². The lowest BCUT2D eigenvalue weighted by molar-refractivity contribution is 0.396. The molecule has 0 fully saturated rings. The summed E-state index contributed by atoms with van der Waals surface area (Å²) >= 11 is 6.16. The molecule has 0 amide bonds.